The van der Waals surface area contributed by atoms with Crippen LogP contribution in [-0.4, -0.2) is 35.5 Å². The van der Waals surface area contributed by atoms with Crippen LogP contribution in [0.15, 0.2) is 24.3 Å². The first kappa shape index (κ1) is 16.5. The molecule has 1 atom stereocenters. The Bertz CT molecular complexity index is 393. The van der Waals surface area contributed by atoms with Crippen LogP contribution < -0.4 is 10.6 Å². The van der Waals surface area contributed by atoms with E-state index in [1.807, 2.05) is 24.3 Å². The minimum Gasteiger partial charge on any atom is -0.394 e. The summed E-state index contributed by atoms with van der Waals surface area (Å²) in [6.45, 7) is 1.84. The Morgan fingerprint density at radius 3 is 2.55 bits per heavy atom. The maximum atomic E-state index is 11.5. The zero-order valence-electron chi connectivity index (χ0n) is 11.9. The summed E-state index contributed by atoms with van der Waals surface area (Å²) in [5, 5.41) is 22.9. The van der Waals surface area contributed by atoms with Crippen molar-refractivity contribution in [2.75, 3.05) is 18.5 Å². The van der Waals surface area contributed by atoms with Crippen molar-refractivity contribution in [3.8, 4) is 0 Å². The summed E-state index contributed by atoms with van der Waals surface area (Å²) in [6.07, 6.45) is 3.75. The second kappa shape index (κ2) is 9.34. The number of carbonyl (C=O) groups is 1. The fourth-order valence-corrected chi connectivity index (χ4v) is 1.78. The van der Waals surface area contributed by atoms with E-state index >= 15 is 0 Å². The molecule has 1 aromatic carbocycles. The highest BCUT2D eigenvalue weighted by Crippen LogP contribution is 2.12. The van der Waals surface area contributed by atoms with Crippen LogP contribution in [0, 0.1) is 0 Å². The standard InChI is InChI=1S/C15H24N2O3/c1-2-3-4-5-12-6-8-13(9-7-12)17-15(20)16-10-14(19)11-18/h6-9,14,18-19H,2-5,10-11H2,1H3,(H2,16,17,20)/t14-/m0/s1. The highest BCUT2D eigenvalue weighted by atomic mass is 16.3. The van der Waals surface area contributed by atoms with E-state index in [1.54, 1.807) is 0 Å². The van der Waals surface area contributed by atoms with Crippen LogP contribution in [-0.2, 0) is 6.42 Å². The van der Waals surface area contributed by atoms with Gasteiger partial charge in [-0.25, -0.2) is 4.79 Å². The number of benzene rings is 1. The Hall–Kier alpha value is -1.59. The average Bonchev–Trinajstić information content (AvgIpc) is 2.47. The fraction of sp³-hybridized carbons (Fsp3) is 0.533. The molecule has 20 heavy (non-hydrogen) atoms. The molecule has 0 unspecified atom stereocenters. The van der Waals surface area contributed by atoms with Crippen molar-refractivity contribution in [3.05, 3.63) is 29.8 Å². The van der Waals surface area contributed by atoms with Crippen LogP contribution in [0.4, 0.5) is 10.5 Å². The third-order valence-corrected chi connectivity index (χ3v) is 2.99. The molecule has 0 saturated carbocycles. The van der Waals surface area contributed by atoms with Crippen molar-refractivity contribution in [1.82, 2.24) is 5.32 Å². The van der Waals surface area contributed by atoms with E-state index in [0.717, 1.165) is 6.42 Å². The van der Waals surface area contributed by atoms with Gasteiger partial charge in [-0.05, 0) is 30.5 Å². The molecular weight excluding hydrogens is 256 g/mol. The van der Waals surface area contributed by atoms with Crippen LogP contribution in [0.25, 0.3) is 0 Å². The first-order valence-electron chi connectivity index (χ1n) is 7.08. The lowest BCUT2D eigenvalue weighted by atomic mass is 10.1. The molecule has 5 heteroatoms. The van der Waals surface area contributed by atoms with Crippen molar-refractivity contribution in [2.24, 2.45) is 0 Å². The van der Waals surface area contributed by atoms with Crippen molar-refractivity contribution >= 4 is 11.7 Å². The number of rotatable bonds is 8. The quantitative estimate of drug-likeness (QED) is 0.549. The van der Waals surface area contributed by atoms with Crippen LogP contribution >= 0.6 is 0 Å². The smallest absolute Gasteiger partial charge is 0.319 e. The number of anilines is 1. The zero-order valence-corrected chi connectivity index (χ0v) is 11.9. The number of nitrogens with one attached hydrogen (secondary N) is 2. The Labute approximate surface area is 120 Å². The lowest BCUT2D eigenvalue weighted by molar-refractivity contribution is 0.0965. The molecule has 0 aromatic heterocycles. The van der Waals surface area contributed by atoms with Crippen molar-refractivity contribution in [3.63, 3.8) is 0 Å². The van der Waals surface area contributed by atoms with Gasteiger partial charge in [0.05, 0.1) is 12.7 Å². The Morgan fingerprint density at radius 2 is 1.95 bits per heavy atom. The molecule has 0 radical (unpaired) electrons. The number of amides is 2. The number of hydrogen-bond donors (Lipinski definition) is 4. The zero-order chi connectivity index (χ0) is 14.8. The van der Waals surface area contributed by atoms with Gasteiger partial charge in [-0.3, -0.25) is 0 Å². The summed E-state index contributed by atoms with van der Waals surface area (Å²) in [5.74, 6) is 0. The van der Waals surface area contributed by atoms with E-state index in [1.165, 1.54) is 24.8 Å². The Morgan fingerprint density at radius 1 is 1.25 bits per heavy atom. The molecule has 1 aromatic rings. The molecular formula is C15H24N2O3. The maximum absolute atomic E-state index is 11.5. The predicted octanol–water partition coefficient (Wildman–Crippen LogP) is 1.89. The van der Waals surface area contributed by atoms with Gasteiger partial charge in [-0.2, -0.15) is 0 Å². The third kappa shape index (κ3) is 6.54. The van der Waals surface area contributed by atoms with Gasteiger partial charge >= 0.3 is 6.03 Å². The van der Waals surface area contributed by atoms with Crippen molar-refractivity contribution in [2.45, 2.75) is 38.7 Å². The number of aliphatic hydroxyl groups excluding tert-OH is 2. The fourth-order valence-electron chi connectivity index (χ4n) is 1.78. The highest BCUT2D eigenvalue weighted by Gasteiger charge is 2.05. The number of hydrogen-bond acceptors (Lipinski definition) is 3. The molecule has 112 valence electrons. The highest BCUT2D eigenvalue weighted by molar-refractivity contribution is 5.89. The minimum atomic E-state index is -0.929. The van der Waals surface area contributed by atoms with Gasteiger partial charge in [0.15, 0.2) is 0 Å². The number of aryl methyl sites for hydroxylation is 1. The molecule has 0 aliphatic heterocycles. The third-order valence-electron chi connectivity index (χ3n) is 2.99. The lowest BCUT2D eigenvalue weighted by Gasteiger charge is -2.10. The maximum Gasteiger partial charge on any atom is 0.319 e. The van der Waals surface area contributed by atoms with Crippen molar-refractivity contribution < 1.29 is 15.0 Å². The van der Waals surface area contributed by atoms with E-state index < -0.39 is 12.1 Å². The molecule has 4 N–H and O–H groups in total. The van der Waals surface area contributed by atoms with Gasteiger partial charge in [-0.1, -0.05) is 31.9 Å². The topological polar surface area (TPSA) is 81.6 Å². The first-order chi connectivity index (χ1) is 9.65. The van der Waals surface area contributed by atoms with E-state index in [0.29, 0.717) is 5.69 Å². The number of aliphatic hydroxyl groups is 2. The summed E-state index contributed by atoms with van der Waals surface area (Å²) in [4.78, 5) is 11.5. The van der Waals surface area contributed by atoms with Gasteiger partial charge < -0.3 is 20.8 Å². The normalized spacial score (nSPS) is 11.9. The van der Waals surface area contributed by atoms with E-state index in [9.17, 15) is 4.79 Å². The lowest BCUT2D eigenvalue weighted by Crippen LogP contribution is -2.36. The predicted molar refractivity (Wildman–Crippen MR) is 79.8 cm³/mol. The van der Waals surface area contributed by atoms with Gasteiger partial charge in [0.2, 0.25) is 0 Å². The van der Waals surface area contributed by atoms with Crippen molar-refractivity contribution in [1.29, 1.82) is 0 Å². The van der Waals surface area contributed by atoms with Gasteiger partial charge in [0.1, 0.15) is 0 Å². The van der Waals surface area contributed by atoms with Gasteiger partial charge in [-0.15, -0.1) is 0 Å². The van der Waals surface area contributed by atoms with Gasteiger partial charge in [0, 0.05) is 12.2 Å². The second-order valence-corrected chi connectivity index (χ2v) is 4.83. The van der Waals surface area contributed by atoms with Crippen LogP contribution in [0.5, 0.6) is 0 Å². The molecule has 0 fully saturated rings. The first-order valence-corrected chi connectivity index (χ1v) is 7.08. The van der Waals surface area contributed by atoms with Crippen LogP contribution in [0.2, 0.25) is 0 Å². The summed E-state index contributed by atoms with van der Waals surface area (Å²) in [6, 6.07) is 7.35. The number of urea groups is 1. The molecule has 1 rings (SSSR count). The molecule has 0 aliphatic rings. The van der Waals surface area contributed by atoms with E-state index in [2.05, 4.69) is 17.6 Å². The number of carbonyl (C=O) groups excluding carboxylic acids is 1. The monoisotopic (exact) mass is 280 g/mol. The largest absolute Gasteiger partial charge is 0.394 e. The summed E-state index contributed by atoms with van der Waals surface area (Å²) in [7, 11) is 0. The van der Waals surface area contributed by atoms with E-state index in [4.69, 9.17) is 10.2 Å². The molecule has 2 amide bonds. The van der Waals surface area contributed by atoms with Gasteiger partial charge in [0.25, 0.3) is 0 Å². The Kier molecular flexibility index (Phi) is 7.69. The summed E-state index contributed by atoms with van der Waals surface area (Å²) in [5.41, 5.74) is 1.97. The molecule has 5 nitrogen and oxygen atoms in total. The SMILES string of the molecule is CCCCCc1ccc(NC(=O)NC[C@H](O)CO)cc1. The minimum absolute atomic E-state index is 0.0252. The second-order valence-electron chi connectivity index (χ2n) is 4.83. The molecule has 0 bridgehead atoms. The molecule has 0 saturated heterocycles. The summed E-state index contributed by atoms with van der Waals surface area (Å²) < 4.78 is 0. The average molecular weight is 280 g/mol. The van der Waals surface area contributed by atoms with Crippen LogP contribution in [0.3, 0.4) is 0 Å². The Balaban J connectivity index is 2.35. The summed E-state index contributed by atoms with van der Waals surface area (Å²) >= 11 is 0. The van der Waals surface area contributed by atoms with E-state index in [-0.39, 0.29) is 13.2 Å². The molecule has 0 heterocycles. The molecule has 0 aliphatic carbocycles. The number of unbranched alkanes of at least 4 members (excludes halogenated alkanes) is 2. The van der Waals surface area contributed by atoms with Crippen LogP contribution in [0.1, 0.15) is 31.7 Å². The molecule has 0 spiro atoms.